The fraction of sp³-hybridized carbons (Fsp3) is 0.304. The van der Waals surface area contributed by atoms with Crippen LogP contribution in [0.2, 0.25) is 0 Å². The van der Waals surface area contributed by atoms with Gasteiger partial charge in [-0.05, 0) is 42.7 Å². The van der Waals surface area contributed by atoms with Crippen molar-refractivity contribution in [2.24, 2.45) is 4.99 Å². The van der Waals surface area contributed by atoms with Crippen LogP contribution in [-0.2, 0) is 10.9 Å². The predicted octanol–water partition coefficient (Wildman–Crippen LogP) is 4.80. The van der Waals surface area contributed by atoms with Gasteiger partial charge in [0, 0.05) is 18.7 Å². The van der Waals surface area contributed by atoms with Gasteiger partial charge < -0.3 is 9.64 Å². The van der Waals surface area contributed by atoms with Gasteiger partial charge in [0.2, 0.25) is 5.90 Å². The number of halogens is 3. The van der Waals surface area contributed by atoms with Crippen LogP contribution in [0.15, 0.2) is 59.1 Å². The molecule has 7 heteroatoms. The number of piperidine rings is 1. The van der Waals surface area contributed by atoms with E-state index in [1.807, 2.05) is 24.3 Å². The van der Waals surface area contributed by atoms with Crippen molar-refractivity contribution in [2.75, 3.05) is 26.2 Å². The van der Waals surface area contributed by atoms with Gasteiger partial charge in [-0.1, -0.05) is 35.9 Å². The van der Waals surface area contributed by atoms with E-state index in [-0.39, 0.29) is 5.56 Å². The summed E-state index contributed by atoms with van der Waals surface area (Å²) in [6.45, 7) is 2.10. The maximum atomic E-state index is 13.2. The highest BCUT2D eigenvalue weighted by molar-refractivity contribution is 5.96. The average Bonchev–Trinajstić information content (AvgIpc) is 3.29. The number of rotatable bonds is 3. The van der Waals surface area contributed by atoms with Crippen LogP contribution in [-0.4, -0.2) is 42.9 Å². The molecule has 0 atom stereocenters. The molecule has 0 N–H and O–H groups in total. The Morgan fingerprint density at radius 3 is 2.37 bits per heavy atom. The van der Waals surface area contributed by atoms with Crippen LogP contribution in [0.25, 0.3) is 6.08 Å². The molecular formula is C23H21F3N2O2. The molecule has 0 radical (unpaired) electrons. The molecule has 1 fully saturated rings. The van der Waals surface area contributed by atoms with Crippen LogP contribution in [0.1, 0.15) is 39.9 Å². The first kappa shape index (κ1) is 20.2. The van der Waals surface area contributed by atoms with Gasteiger partial charge in [0.15, 0.2) is 0 Å². The molecular weight excluding hydrogens is 393 g/mol. The van der Waals surface area contributed by atoms with Gasteiger partial charge in [-0.15, -0.1) is 0 Å². The molecule has 156 valence electrons. The van der Waals surface area contributed by atoms with E-state index in [0.717, 1.165) is 17.2 Å². The molecule has 4 rings (SSSR count). The Bertz CT molecular complexity index is 984. The number of likely N-dealkylation sites (tertiary alicyclic amines) is 1. The molecule has 0 aromatic heterocycles. The number of ether oxygens (including phenoxy) is 1. The summed E-state index contributed by atoms with van der Waals surface area (Å²) in [6.07, 6.45) is -1.20. The van der Waals surface area contributed by atoms with Crippen molar-refractivity contribution < 1.29 is 22.7 Å². The summed E-state index contributed by atoms with van der Waals surface area (Å²) in [5.74, 6) is 0.101. The van der Waals surface area contributed by atoms with Crippen molar-refractivity contribution in [3.05, 3.63) is 76.4 Å². The van der Waals surface area contributed by atoms with E-state index < -0.39 is 17.6 Å². The number of nitrogens with zero attached hydrogens (tertiary/aromatic N) is 2. The van der Waals surface area contributed by atoms with Gasteiger partial charge in [-0.25, -0.2) is 4.99 Å². The first-order chi connectivity index (χ1) is 14.4. The molecule has 4 nitrogen and oxygen atoms in total. The summed E-state index contributed by atoms with van der Waals surface area (Å²) in [6, 6.07) is 12.9. The van der Waals surface area contributed by atoms with Crippen LogP contribution >= 0.6 is 0 Å². The van der Waals surface area contributed by atoms with E-state index >= 15 is 0 Å². The molecule has 2 aliphatic heterocycles. The van der Waals surface area contributed by atoms with Gasteiger partial charge >= 0.3 is 6.18 Å². The predicted molar refractivity (Wildman–Crippen MR) is 108 cm³/mol. The Balaban J connectivity index is 1.41. The summed E-state index contributed by atoms with van der Waals surface area (Å²) >= 11 is 0. The molecule has 0 bridgehead atoms. The Morgan fingerprint density at radius 1 is 1.03 bits per heavy atom. The molecule has 0 spiro atoms. The summed E-state index contributed by atoms with van der Waals surface area (Å²) in [7, 11) is 0. The fourth-order valence-corrected chi connectivity index (χ4v) is 3.70. The summed E-state index contributed by atoms with van der Waals surface area (Å²) in [5, 5.41) is 0. The third-order valence-corrected chi connectivity index (χ3v) is 5.27. The van der Waals surface area contributed by atoms with E-state index in [9.17, 15) is 18.0 Å². The van der Waals surface area contributed by atoms with E-state index in [2.05, 4.69) is 11.1 Å². The zero-order valence-corrected chi connectivity index (χ0v) is 16.3. The number of carbonyl (C=O) groups excluding carboxylic acids is 1. The smallest absolute Gasteiger partial charge is 0.417 e. The third-order valence-electron chi connectivity index (χ3n) is 5.27. The Kier molecular flexibility index (Phi) is 5.61. The number of aliphatic imine (C=N–C) groups is 1. The minimum absolute atomic E-state index is 0.287. The quantitative estimate of drug-likeness (QED) is 0.724. The number of hydrogen-bond donors (Lipinski definition) is 0. The van der Waals surface area contributed by atoms with Crippen molar-refractivity contribution in [1.29, 1.82) is 0 Å². The normalized spacial score (nSPS) is 16.8. The van der Waals surface area contributed by atoms with Gasteiger partial charge in [0.05, 0.1) is 17.7 Å². The third kappa shape index (κ3) is 4.40. The molecule has 0 aliphatic carbocycles. The summed E-state index contributed by atoms with van der Waals surface area (Å²) in [4.78, 5) is 18.5. The molecule has 1 saturated heterocycles. The number of carbonyl (C=O) groups is 1. The molecule has 2 heterocycles. The van der Waals surface area contributed by atoms with Crippen molar-refractivity contribution in [3.8, 4) is 0 Å². The summed E-state index contributed by atoms with van der Waals surface area (Å²) in [5.41, 5.74) is 1.98. The Labute approximate surface area is 172 Å². The molecule has 1 amide bonds. The maximum Gasteiger partial charge on any atom is 0.417 e. The Hall–Kier alpha value is -3.09. The number of alkyl halides is 3. The number of benzene rings is 2. The Morgan fingerprint density at radius 2 is 1.73 bits per heavy atom. The average molecular weight is 414 g/mol. The second kappa shape index (κ2) is 8.34. The largest absolute Gasteiger partial charge is 0.476 e. The van der Waals surface area contributed by atoms with E-state index in [0.29, 0.717) is 45.0 Å². The standard InChI is InChI=1S/C23H21F3N2O2/c24-23(25,26)20-4-2-1-3-19(20)22(29)28-12-9-17(10-13-28)15-16-5-7-18(8-6-16)21-27-11-14-30-21/h1-8,15H,9-14H2. The highest BCUT2D eigenvalue weighted by Crippen LogP contribution is 2.33. The molecule has 2 aromatic rings. The lowest BCUT2D eigenvalue weighted by molar-refractivity contribution is -0.138. The fourth-order valence-electron chi connectivity index (χ4n) is 3.70. The van der Waals surface area contributed by atoms with Gasteiger partial charge in [0.25, 0.3) is 5.91 Å². The van der Waals surface area contributed by atoms with Gasteiger partial charge in [-0.3, -0.25) is 4.79 Å². The van der Waals surface area contributed by atoms with Crippen molar-refractivity contribution in [1.82, 2.24) is 4.90 Å². The zero-order valence-electron chi connectivity index (χ0n) is 16.3. The molecule has 0 saturated carbocycles. The minimum Gasteiger partial charge on any atom is -0.476 e. The first-order valence-corrected chi connectivity index (χ1v) is 9.84. The second-order valence-corrected chi connectivity index (χ2v) is 7.30. The molecule has 0 unspecified atom stereocenters. The lowest BCUT2D eigenvalue weighted by Crippen LogP contribution is -2.37. The highest BCUT2D eigenvalue weighted by Gasteiger charge is 2.36. The summed E-state index contributed by atoms with van der Waals surface area (Å²) < 4.78 is 45.1. The number of amides is 1. The maximum absolute atomic E-state index is 13.2. The van der Waals surface area contributed by atoms with Crippen LogP contribution < -0.4 is 0 Å². The van der Waals surface area contributed by atoms with Crippen molar-refractivity contribution >= 4 is 17.9 Å². The van der Waals surface area contributed by atoms with E-state index in [1.54, 1.807) is 0 Å². The van der Waals surface area contributed by atoms with E-state index in [4.69, 9.17) is 4.74 Å². The van der Waals surface area contributed by atoms with Crippen molar-refractivity contribution in [2.45, 2.75) is 19.0 Å². The molecule has 2 aromatic carbocycles. The van der Waals surface area contributed by atoms with Gasteiger partial charge in [-0.2, -0.15) is 13.2 Å². The van der Waals surface area contributed by atoms with Crippen molar-refractivity contribution in [3.63, 3.8) is 0 Å². The topological polar surface area (TPSA) is 41.9 Å². The number of hydrogen-bond acceptors (Lipinski definition) is 3. The van der Waals surface area contributed by atoms with Crippen LogP contribution in [0.5, 0.6) is 0 Å². The monoisotopic (exact) mass is 414 g/mol. The van der Waals surface area contributed by atoms with Crippen LogP contribution in [0, 0.1) is 0 Å². The minimum atomic E-state index is -4.55. The van der Waals surface area contributed by atoms with E-state index in [1.165, 1.54) is 28.7 Å². The van der Waals surface area contributed by atoms with Gasteiger partial charge in [0.1, 0.15) is 6.61 Å². The molecule has 30 heavy (non-hydrogen) atoms. The lowest BCUT2D eigenvalue weighted by Gasteiger charge is -2.29. The van der Waals surface area contributed by atoms with Crippen LogP contribution in [0.3, 0.4) is 0 Å². The lowest BCUT2D eigenvalue weighted by atomic mass is 9.99. The zero-order chi connectivity index (χ0) is 21.1. The second-order valence-electron chi connectivity index (χ2n) is 7.30. The SMILES string of the molecule is O=C(c1ccccc1C(F)(F)F)N1CCC(=Cc2ccc(C3=NCCO3)cc2)CC1. The highest BCUT2D eigenvalue weighted by atomic mass is 19.4. The molecule has 2 aliphatic rings. The first-order valence-electron chi connectivity index (χ1n) is 9.84. The van der Waals surface area contributed by atoms with Crippen LogP contribution in [0.4, 0.5) is 13.2 Å².